The molecule has 1 nitrogen and oxygen atoms in total. The fourth-order valence-electron chi connectivity index (χ4n) is 3.56. The Hall–Kier alpha value is -2.12. The largest absolute Gasteiger partial charge is 0.295 e. The van der Waals surface area contributed by atoms with Crippen LogP contribution in [0, 0.1) is 0 Å². The number of benzene rings is 3. The Morgan fingerprint density at radius 1 is 0.905 bits per heavy atom. The van der Waals surface area contributed by atoms with E-state index in [0.29, 0.717) is 6.04 Å². The van der Waals surface area contributed by atoms with E-state index in [9.17, 15) is 0 Å². The van der Waals surface area contributed by atoms with E-state index < -0.39 is 0 Å². The lowest BCUT2D eigenvalue weighted by Crippen LogP contribution is -2.18. The van der Waals surface area contributed by atoms with Crippen LogP contribution in [0.4, 0.5) is 0 Å². The lowest BCUT2D eigenvalue weighted by atomic mass is 9.95. The van der Waals surface area contributed by atoms with E-state index >= 15 is 0 Å². The second kappa shape index (κ2) is 5.01. The molecule has 0 saturated heterocycles. The molecule has 1 atom stereocenters. The molecule has 1 unspecified atom stereocenters. The van der Waals surface area contributed by atoms with E-state index in [2.05, 4.69) is 78.7 Å². The van der Waals surface area contributed by atoms with Gasteiger partial charge in [-0.1, -0.05) is 66.7 Å². The van der Waals surface area contributed by atoms with E-state index in [1.54, 1.807) is 0 Å². The Balaban J connectivity index is 1.75. The second-order valence-corrected chi connectivity index (χ2v) is 5.97. The fraction of sp³-hybridized carbons (Fsp3) is 0.200. The highest BCUT2D eigenvalue weighted by molar-refractivity contribution is 5.85. The third-order valence-corrected chi connectivity index (χ3v) is 4.66. The van der Waals surface area contributed by atoms with Crippen molar-refractivity contribution in [3.8, 4) is 0 Å². The van der Waals surface area contributed by atoms with E-state index in [4.69, 9.17) is 0 Å². The van der Waals surface area contributed by atoms with Crippen LogP contribution < -0.4 is 0 Å². The quantitative estimate of drug-likeness (QED) is 0.661. The summed E-state index contributed by atoms with van der Waals surface area (Å²) in [6, 6.07) is 24.7. The maximum Gasteiger partial charge on any atom is 0.0392 e. The van der Waals surface area contributed by atoms with Crippen molar-refractivity contribution >= 4 is 10.8 Å². The van der Waals surface area contributed by atoms with Gasteiger partial charge in [0.2, 0.25) is 0 Å². The molecule has 0 aliphatic carbocycles. The highest BCUT2D eigenvalue weighted by Crippen LogP contribution is 2.35. The first-order chi connectivity index (χ1) is 10.3. The fourth-order valence-corrected chi connectivity index (χ4v) is 3.56. The molecule has 0 spiro atoms. The molecule has 0 bridgehead atoms. The number of nitrogens with zero attached hydrogens (tertiary/aromatic N) is 1. The van der Waals surface area contributed by atoms with Crippen LogP contribution in [0.15, 0.2) is 66.7 Å². The summed E-state index contributed by atoms with van der Waals surface area (Å²) in [5.74, 6) is 0. The average Bonchev–Trinajstić information content (AvgIpc) is 2.84. The lowest BCUT2D eigenvalue weighted by molar-refractivity contribution is 0.267. The monoisotopic (exact) mass is 273 g/mol. The Kier molecular flexibility index (Phi) is 3.01. The Labute approximate surface area is 125 Å². The van der Waals surface area contributed by atoms with Crippen LogP contribution in [-0.4, -0.2) is 11.9 Å². The zero-order valence-corrected chi connectivity index (χ0v) is 12.3. The molecule has 1 heteroatoms. The van der Waals surface area contributed by atoms with E-state index in [1.165, 1.54) is 27.5 Å². The van der Waals surface area contributed by atoms with Crippen LogP contribution in [0.2, 0.25) is 0 Å². The predicted molar refractivity (Wildman–Crippen MR) is 88.3 cm³/mol. The van der Waals surface area contributed by atoms with Gasteiger partial charge in [-0.15, -0.1) is 0 Å². The minimum absolute atomic E-state index is 0.493. The van der Waals surface area contributed by atoms with Crippen LogP contribution in [0.1, 0.15) is 22.7 Å². The van der Waals surface area contributed by atoms with Gasteiger partial charge in [-0.2, -0.15) is 0 Å². The summed E-state index contributed by atoms with van der Waals surface area (Å²) < 4.78 is 0. The molecule has 0 saturated carbocycles. The molecule has 0 amide bonds. The Morgan fingerprint density at radius 3 is 2.62 bits per heavy atom. The predicted octanol–water partition coefficient (Wildman–Crippen LogP) is 4.57. The summed E-state index contributed by atoms with van der Waals surface area (Å²) in [5, 5.41) is 2.72. The van der Waals surface area contributed by atoms with Crippen molar-refractivity contribution in [1.29, 1.82) is 0 Å². The summed E-state index contributed by atoms with van der Waals surface area (Å²) >= 11 is 0. The number of fused-ring (bicyclic) bond motifs is 2. The first-order valence-corrected chi connectivity index (χ1v) is 7.57. The Bertz CT molecular complexity index is 785. The maximum absolute atomic E-state index is 2.46. The smallest absolute Gasteiger partial charge is 0.0392 e. The molecule has 3 aromatic carbocycles. The van der Waals surface area contributed by atoms with Crippen molar-refractivity contribution in [1.82, 2.24) is 4.90 Å². The van der Waals surface area contributed by atoms with E-state index in [-0.39, 0.29) is 0 Å². The van der Waals surface area contributed by atoms with Crippen molar-refractivity contribution in [2.75, 3.05) is 7.05 Å². The van der Waals surface area contributed by atoms with Crippen LogP contribution in [0.25, 0.3) is 10.8 Å². The standard InChI is InChI=1S/C20H19N/c1-21-14-17-8-3-5-12-19(17)20(21)13-16-10-6-9-15-7-2-4-11-18(15)16/h2-12,20H,13-14H2,1H3. The van der Waals surface area contributed by atoms with E-state index in [0.717, 1.165) is 13.0 Å². The second-order valence-electron chi connectivity index (χ2n) is 5.97. The maximum atomic E-state index is 2.46. The normalized spacial score (nSPS) is 18.0. The Morgan fingerprint density at radius 2 is 1.67 bits per heavy atom. The minimum atomic E-state index is 0.493. The van der Waals surface area contributed by atoms with Crippen LogP contribution in [-0.2, 0) is 13.0 Å². The third-order valence-electron chi connectivity index (χ3n) is 4.66. The number of hydrogen-bond donors (Lipinski definition) is 0. The molecule has 1 aliphatic rings. The average molecular weight is 273 g/mol. The molecule has 0 aromatic heterocycles. The molecule has 0 radical (unpaired) electrons. The topological polar surface area (TPSA) is 3.24 Å². The molecule has 3 aromatic rings. The zero-order chi connectivity index (χ0) is 14.2. The lowest BCUT2D eigenvalue weighted by Gasteiger charge is -2.21. The van der Waals surface area contributed by atoms with Crippen molar-refractivity contribution < 1.29 is 0 Å². The SMILES string of the molecule is CN1Cc2ccccc2C1Cc1cccc2ccccc12. The van der Waals surface area contributed by atoms with Crippen LogP contribution >= 0.6 is 0 Å². The first-order valence-electron chi connectivity index (χ1n) is 7.57. The number of rotatable bonds is 2. The van der Waals surface area contributed by atoms with Gasteiger partial charge in [0.15, 0.2) is 0 Å². The molecular weight excluding hydrogens is 254 g/mol. The first kappa shape index (κ1) is 12.6. The van der Waals surface area contributed by atoms with Crippen molar-refractivity contribution in [2.45, 2.75) is 19.0 Å². The van der Waals surface area contributed by atoms with Gasteiger partial charge in [-0.25, -0.2) is 0 Å². The molecule has 104 valence electrons. The molecular formula is C20H19N. The highest BCUT2D eigenvalue weighted by atomic mass is 15.1. The number of likely N-dealkylation sites (N-methyl/N-ethyl adjacent to an activating group) is 1. The molecule has 1 heterocycles. The van der Waals surface area contributed by atoms with Gasteiger partial charge in [0, 0.05) is 12.6 Å². The van der Waals surface area contributed by atoms with Gasteiger partial charge in [0.1, 0.15) is 0 Å². The van der Waals surface area contributed by atoms with Gasteiger partial charge in [0.05, 0.1) is 0 Å². The summed E-state index contributed by atoms with van der Waals surface area (Å²) in [6.45, 7) is 1.06. The van der Waals surface area contributed by atoms with E-state index in [1.807, 2.05) is 0 Å². The van der Waals surface area contributed by atoms with Gasteiger partial charge < -0.3 is 0 Å². The van der Waals surface area contributed by atoms with Crippen LogP contribution in [0.5, 0.6) is 0 Å². The molecule has 21 heavy (non-hydrogen) atoms. The third kappa shape index (κ3) is 2.14. The van der Waals surface area contributed by atoms with Crippen molar-refractivity contribution in [2.24, 2.45) is 0 Å². The summed E-state index contributed by atoms with van der Waals surface area (Å²) in [5.41, 5.74) is 4.42. The molecule has 0 fully saturated rings. The van der Waals surface area contributed by atoms with Crippen molar-refractivity contribution in [3.05, 3.63) is 83.4 Å². The van der Waals surface area contributed by atoms with Crippen LogP contribution in [0.3, 0.4) is 0 Å². The van der Waals surface area contributed by atoms with Gasteiger partial charge in [-0.3, -0.25) is 4.90 Å². The zero-order valence-electron chi connectivity index (χ0n) is 12.3. The summed E-state index contributed by atoms with van der Waals surface area (Å²) in [7, 11) is 2.23. The highest BCUT2D eigenvalue weighted by Gasteiger charge is 2.27. The molecule has 1 aliphatic heterocycles. The summed E-state index contributed by atoms with van der Waals surface area (Å²) in [6.07, 6.45) is 1.08. The van der Waals surface area contributed by atoms with Gasteiger partial charge in [0.25, 0.3) is 0 Å². The molecule has 4 rings (SSSR count). The molecule has 0 N–H and O–H groups in total. The summed E-state index contributed by atoms with van der Waals surface area (Å²) in [4.78, 5) is 2.46. The van der Waals surface area contributed by atoms with Gasteiger partial charge >= 0.3 is 0 Å². The minimum Gasteiger partial charge on any atom is -0.295 e. The van der Waals surface area contributed by atoms with Gasteiger partial charge in [-0.05, 0) is 40.9 Å². The van der Waals surface area contributed by atoms with Crippen molar-refractivity contribution in [3.63, 3.8) is 0 Å². The number of hydrogen-bond acceptors (Lipinski definition) is 1.